The Balaban J connectivity index is 1.54. The van der Waals surface area contributed by atoms with Crippen molar-refractivity contribution < 1.29 is 4.74 Å². The normalized spacial score (nSPS) is 17.6. The van der Waals surface area contributed by atoms with Crippen LogP contribution < -0.4 is 5.73 Å². The van der Waals surface area contributed by atoms with Gasteiger partial charge in [0.15, 0.2) is 0 Å². The Hall–Kier alpha value is -1.64. The van der Waals surface area contributed by atoms with Crippen molar-refractivity contribution in [3.8, 4) is 0 Å². The second-order valence-corrected chi connectivity index (χ2v) is 6.29. The van der Waals surface area contributed by atoms with Gasteiger partial charge >= 0.3 is 0 Å². The van der Waals surface area contributed by atoms with Crippen LogP contribution in [0.3, 0.4) is 0 Å². The van der Waals surface area contributed by atoms with Crippen molar-refractivity contribution in [1.29, 1.82) is 0 Å². The Bertz CT molecular complexity index is 677. The molecule has 2 N–H and O–H groups in total. The van der Waals surface area contributed by atoms with Crippen LogP contribution in [0.4, 0.5) is 0 Å². The van der Waals surface area contributed by atoms with Gasteiger partial charge in [-0.05, 0) is 59.1 Å². The van der Waals surface area contributed by atoms with E-state index in [1.807, 2.05) is 0 Å². The number of hydrogen-bond donors (Lipinski definition) is 1. The Labute approximate surface area is 125 Å². The van der Waals surface area contributed by atoms with Gasteiger partial charge in [0, 0.05) is 6.04 Å². The molecule has 0 saturated carbocycles. The average Bonchev–Trinajstić information content (AvgIpc) is 3.14. The van der Waals surface area contributed by atoms with E-state index in [2.05, 4.69) is 36.4 Å². The summed E-state index contributed by atoms with van der Waals surface area (Å²) in [5.74, 6) is 0. The van der Waals surface area contributed by atoms with Crippen molar-refractivity contribution in [2.24, 2.45) is 5.73 Å². The first-order valence-corrected chi connectivity index (χ1v) is 7.85. The molecule has 21 heavy (non-hydrogen) atoms. The summed E-state index contributed by atoms with van der Waals surface area (Å²) >= 11 is 0. The summed E-state index contributed by atoms with van der Waals surface area (Å²) in [6.07, 6.45) is 4.68. The number of hydrogen-bond acceptors (Lipinski definition) is 2. The van der Waals surface area contributed by atoms with Gasteiger partial charge in [0.25, 0.3) is 0 Å². The fourth-order valence-corrected chi connectivity index (χ4v) is 3.55. The van der Waals surface area contributed by atoms with Crippen LogP contribution in [0.2, 0.25) is 0 Å². The predicted molar refractivity (Wildman–Crippen MR) is 84.0 cm³/mol. The maximum Gasteiger partial charge on any atom is 0.0725 e. The third-order valence-corrected chi connectivity index (χ3v) is 4.79. The molecule has 2 nitrogen and oxygen atoms in total. The SMILES string of the molecule is NC(Cc1ccc2c(c1)CCC2)c1ccc2c(c1)COC2. The van der Waals surface area contributed by atoms with Crippen LogP contribution in [-0.2, 0) is 37.2 Å². The molecule has 1 atom stereocenters. The molecule has 1 aliphatic carbocycles. The lowest BCUT2D eigenvalue weighted by Gasteiger charge is -2.14. The van der Waals surface area contributed by atoms with Crippen molar-refractivity contribution in [3.05, 3.63) is 69.8 Å². The molecular formula is C19H21NO. The van der Waals surface area contributed by atoms with Crippen molar-refractivity contribution in [2.45, 2.75) is 44.9 Å². The fraction of sp³-hybridized carbons (Fsp3) is 0.368. The summed E-state index contributed by atoms with van der Waals surface area (Å²) in [5, 5.41) is 0. The molecule has 0 fully saturated rings. The van der Waals surface area contributed by atoms with E-state index in [1.54, 1.807) is 0 Å². The maximum atomic E-state index is 6.43. The standard InChI is InChI=1S/C19H21NO/c20-19(16-6-7-17-11-21-12-18(17)10-16)9-13-4-5-14-2-1-3-15(14)8-13/h4-8,10,19H,1-3,9,11-12,20H2. The summed E-state index contributed by atoms with van der Waals surface area (Å²) in [5.41, 5.74) is 14.7. The van der Waals surface area contributed by atoms with E-state index in [9.17, 15) is 0 Å². The van der Waals surface area contributed by atoms with Gasteiger partial charge in [-0.25, -0.2) is 0 Å². The molecule has 1 heterocycles. The van der Waals surface area contributed by atoms with Crippen LogP contribution in [-0.4, -0.2) is 0 Å². The quantitative estimate of drug-likeness (QED) is 0.934. The molecule has 1 aliphatic heterocycles. The third kappa shape index (κ3) is 2.50. The zero-order valence-electron chi connectivity index (χ0n) is 12.3. The number of nitrogens with two attached hydrogens (primary N) is 1. The highest BCUT2D eigenvalue weighted by molar-refractivity contribution is 5.38. The molecule has 108 valence electrons. The van der Waals surface area contributed by atoms with E-state index in [0.717, 1.165) is 19.6 Å². The summed E-state index contributed by atoms with van der Waals surface area (Å²) in [4.78, 5) is 0. The number of fused-ring (bicyclic) bond motifs is 2. The molecule has 0 amide bonds. The summed E-state index contributed by atoms with van der Waals surface area (Å²) in [6, 6.07) is 13.5. The van der Waals surface area contributed by atoms with Gasteiger partial charge in [-0.1, -0.05) is 36.4 Å². The van der Waals surface area contributed by atoms with Gasteiger partial charge in [0.1, 0.15) is 0 Å². The molecule has 0 aromatic heterocycles. The minimum atomic E-state index is 0.0651. The minimum absolute atomic E-state index is 0.0651. The summed E-state index contributed by atoms with van der Waals surface area (Å²) in [7, 11) is 0. The van der Waals surface area contributed by atoms with Crippen molar-refractivity contribution in [1.82, 2.24) is 0 Å². The molecule has 2 aliphatic rings. The van der Waals surface area contributed by atoms with E-state index in [4.69, 9.17) is 10.5 Å². The molecule has 0 radical (unpaired) electrons. The summed E-state index contributed by atoms with van der Waals surface area (Å²) < 4.78 is 5.48. The number of ether oxygens (including phenoxy) is 1. The van der Waals surface area contributed by atoms with Crippen LogP contribution in [0.15, 0.2) is 36.4 Å². The second-order valence-electron chi connectivity index (χ2n) is 6.29. The Kier molecular flexibility index (Phi) is 3.28. The van der Waals surface area contributed by atoms with Crippen LogP contribution in [0.1, 0.15) is 45.8 Å². The Morgan fingerprint density at radius 3 is 2.67 bits per heavy atom. The predicted octanol–water partition coefficient (Wildman–Crippen LogP) is 3.45. The number of benzene rings is 2. The van der Waals surface area contributed by atoms with Gasteiger partial charge in [-0.3, -0.25) is 0 Å². The highest BCUT2D eigenvalue weighted by Gasteiger charge is 2.16. The first kappa shape index (κ1) is 13.1. The molecule has 0 spiro atoms. The topological polar surface area (TPSA) is 35.2 Å². The maximum absolute atomic E-state index is 6.43. The van der Waals surface area contributed by atoms with Gasteiger partial charge in [0.05, 0.1) is 13.2 Å². The molecule has 0 bridgehead atoms. The Morgan fingerprint density at radius 1 is 0.905 bits per heavy atom. The smallest absolute Gasteiger partial charge is 0.0725 e. The second kappa shape index (κ2) is 5.28. The first-order chi connectivity index (χ1) is 10.3. The van der Waals surface area contributed by atoms with E-state index < -0.39 is 0 Å². The van der Waals surface area contributed by atoms with Crippen molar-refractivity contribution in [2.75, 3.05) is 0 Å². The monoisotopic (exact) mass is 279 g/mol. The van der Waals surface area contributed by atoms with Crippen LogP contribution in [0.25, 0.3) is 0 Å². The van der Waals surface area contributed by atoms with Crippen molar-refractivity contribution in [3.63, 3.8) is 0 Å². The van der Waals surface area contributed by atoms with E-state index >= 15 is 0 Å². The molecule has 1 unspecified atom stereocenters. The fourth-order valence-electron chi connectivity index (χ4n) is 3.55. The van der Waals surface area contributed by atoms with E-state index in [1.165, 1.54) is 52.6 Å². The average molecular weight is 279 g/mol. The van der Waals surface area contributed by atoms with E-state index in [-0.39, 0.29) is 6.04 Å². The molecule has 2 aromatic carbocycles. The molecule has 2 aromatic rings. The molecule has 0 saturated heterocycles. The highest BCUT2D eigenvalue weighted by Crippen LogP contribution is 2.27. The lowest BCUT2D eigenvalue weighted by molar-refractivity contribution is 0.134. The van der Waals surface area contributed by atoms with Crippen LogP contribution >= 0.6 is 0 Å². The van der Waals surface area contributed by atoms with E-state index in [0.29, 0.717) is 0 Å². The Morgan fingerprint density at radius 2 is 1.71 bits per heavy atom. The van der Waals surface area contributed by atoms with Gasteiger partial charge in [0.2, 0.25) is 0 Å². The molecule has 2 heteroatoms. The third-order valence-electron chi connectivity index (χ3n) is 4.79. The molecular weight excluding hydrogens is 258 g/mol. The largest absolute Gasteiger partial charge is 0.372 e. The lowest BCUT2D eigenvalue weighted by atomic mass is 9.95. The number of aryl methyl sites for hydroxylation is 2. The highest BCUT2D eigenvalue weighted by atomic mass is 16.5. The molecule has 4 rings (SSSR count). The van der Waals surface area contributed by atoms with Gasteiger partial charge < -0.3 is 10.5 Å². The van der Waals surface area contributed by atoms with Crippen LogP contribution in [0, 0.1) is 0 Å². The van der Waals surface area contributed by atoms with Gasteiger partial charge in [-0.15, -0.1) is 0 Å². The zero-order valence-corrected chi connectivity index (χ0v) is 12.3. The number of rotatable bonds is 3. The van der Waals surface area contributed by atoms with Crippen molar-refractivity contribution >= 4 is 0 Å². The van der Waals surface area contributed by atoms with Gasteiger partial charge in [-0.2, -0.15) is 0 Å². The summed E-state index contributed by atoms with van der Waals surface area (Å²) in [6.45, 7) is 1.48. The minimum Gasteiger partial charge on any atom is -0.372 e. The zero-order chi connectivity index (χ0) is 14.2. The lowest BCUT2D eigenvalue weighted by Crippen LogP contribution is -2.14. The first-order valence-electron chi connectivity index (χ1n) is 7.85. The van der Waals surface area contributed by atoms with Crippen LogP contribution in [0.5, 0.6) is 0 Å².